The van der Waals surface area contributed by atoms with E-state index in [0.29, 0.717) is 26.1 Å². The van der Waals surface area contributed by atoms with Crippen molar-refractivity contribution in [1.82, 2.24) is 42.5 Å². The predicted octanol–water partition coefficient (Wildman–Crippen LogP) is -2.56. The van der Waals surface area contributed by atoms with Crippen LogP contribution in [0.3, 0.4) is 0 Å². The zero-order valence-corrected chi connectivity index (χ0v) is 39.4. The maximum atomic E-state index is 13.2. The van der Waals surface area contributed by atoms with Crippen molar-refractivity contribution in [3.8, 4) is 0 Å². The second kappa shape index (κ2) is 38.1. The van der Waals surface area contributed by atoms with E-state index in [1.54, 1.807) is 13.8 Å². The summed E-state index contributed by atoms with van der Waals surface area (Å²) in [5.74, 6) is -0.907. The van der Waals surface area contributed by atoms with Crippen molar-refractivity contribution in [2.24, 2.45) is 0 Å². The van der Waals surface area contributed by atoms with E-state index in [9.17, 15) is 40.2 Å². The third-order valence-electron chi connectivity index (χ3n) is 11.6. The molecule has 0 aromatic heterocycles. The number of aliphatic hydroxyl groups is 6. The number of carboxylic acids is 1. The van der Waals surface area contributed by atoms with Gasteiger partial charge in [-0.3, -0.25) is 9.59 Å². The first kappa shape index (κ1) is 59.4. The highest BCUT2D eigenvalue weighted by Crippen LogP contribution is 2.22. The largest absolute Gasteiger partial charge is 0.481 e. The number of carbonyl (C=O) groups is 2. The molecule has 1 amide bonds. The average Bonchev–Trinajstić information content (AvgIpc) is 3.29. The molecule has 2 fully saturated rings. The van der Waals surface area contributed by atoms with Gasteiger partial charge in [0.1, 0.15) is 36.6 Å². The van der Waals surface area contributed by atoms with Gasteiger partial charge in [0.05, 0.1) is 31.5 Å². The third kappa shape index (κ3) is 27.8. The van der Waals surface area contributed by atoms with E-state index in [-0.39, 0.29) is 32.1 Å². The molecule has 0 aromatic rings. The molecule has 0 radical (unpaired) electrons. The summed E-state index contributed by atoms with van der Waals surface area (Å²) in [6, 6.07) is -0.460. The summed E-state index contributed by atoms with van der Waals surface area (Å²) in [4.78, 5) is 23.7. The van der Waals surface area contributed by atoms with E-state index in [0.717, 1.165) is 110 Å². The van der Waals surface area contributed by atoms with Gasteiger partial charge < -0.3 is 97.2 Å². The molecule has 21 nitrogen and oxygen atoms in total. The van der Waals surface area contributed by atoms with E-state index in [1.807, 2.05) is 0 Å². The minimum Gasteiger partial charge on any atom is -0.481 e. The summed E-state index contributed by atoms with van der Waals surface area (Å²) in [5, 5.41) is 95.6. The molecule has 2 rings (SSSR count). The van der Waals surface area contributed by atoms with Crippen LogP contribution in [0.1, 0.15) is 97.3 Å². The number of carbonyl (C=O) groups excluding carboxylic acids is 1. The quantitative estimate of drug-likeness (QED) is 0.0280. The van der Waals surface area contributed by atoms with Crippen LogP contribution in [0.5, 0.6) is 0 Å². The maximum Gasteiger partial charge on any atom is 0.303 e. The van der Waals surface area contributed by atoms with Gasteiger partial charge in [-0.25, -0.2) is 0 Å². The Labute approximate surface area is 387 Å². The summed E-state index contributed by atoms with van der Waals surface area (Å²) in [5.41, 5.74) is 0. The second-order valence-electron chi connectivity index (χ2n) is 17.2. The summed E-state index contributed by atoms with van der Waals surface area (Å²) < 4.78 is 22.1. The lowest BCUT2D eigenvalue weighted by Gasteiger charge is -2.38. The van der Waals surface area contributed by atoms with Gasteiger partial charge in [-0.15, -0.1) is 0 Å². The lowest BCUT2D eigenvalue weighted by Crippen LogP contribution is -2.57. The number of rotatable bonds is 42. The highest BCUT2D eigenvalue weighted by Gasteiger charge is 2.43. The molecule has 2 aliphatic heterocycles. The summed E-state index contributed by atoms with van der Waals surface area (Å²) in [7, 11) is 0. The fourth-order valence-corrected chi connectivity index (χ4v) is 7.44. The minimum absolute atomic E-state index is 0.0333. The van der Waals surface area contributed by atoms with Crippen molar-refractivity contribution in [3.63, 3.8) is 0 Å². The number of amides is 1. The number of aliphatic carboxylic acids is 1. The molecule has 0 aliphatic carbocycles. The molecule has 21 heteroatoms. The van der Waals surface area contributed by atoms with Crippen LogP contribution < -0.4 is 42.5 Å². The lowest BCUT2D eigenvalue weighted by atomic mass is 10.0. The molecule has 384 valence electrons. The van der Waals surface area contributed by atoms with Crippen LogP contribution >= 0.6 is 0 Å². The monoisotopic (exact) mass is 939 g/mol. The normalized spacial score (nSPS) is 26.3. The van der Waals surface area contributed by atoms with Gasteiger partial charge in [0.2, 0.25) is 5.91 Å². The summed E-state index contributed by atoms with van der Waals surface area (Å²) in [6.45, 7) is 14.6. The Morgan fingerprint density at radius 2 is 0.846 bits per heavy atom. The van der Waals surface area contributed by atoms with Crippen molar-refractivity contribution in [1.29, 1.82) is 0 Å². The van der Waals surface area contributed by atoms with E-state index in [2.05, 4.69) is 42.5 Å². The van der Waals surface area contributed by atoms with Gasteiger partial charge in [-0.05, 0) is 104 Å². The van der Waals surface area contributed by atoms with Crippen molar-refractivity contribution in [2.45, 2.75) is 165 Å². The molecule has 2 heterocycles. The summed E-state index contributed by atoms with van der Waals surface area (Å²) in [6.07, 6.45) is 0.865. The lowest BCUT2D eigenvalue weighted by molar-refractivity contribution is -0.292. The molecule has 65 heavy (non-hydrogen) atoms. The number of carboxylic acid groups (broad SMARTS) is 1. The Hall–Kier alpha value is -1.74. The Morgan fingerprint density at radius 1 is 0.462 bits per heavy atom. The van der Waals surface area contributed by atoms with Crippen LogP contribution in [-0.2, 0) is 28.5 Å². The maximum absolute atomic E-state index is 13.2. The van der Waals surface area contributed by atoms with Crippen LogP contribution in [0.15, 0.2) is 0 Å². The zero-order chi connectivity index (χ0) is 47.5. The van der Waals surface area contributed by atoms with Gasteiger partial charge in [0.15, 0.2) is 12.6 Å². The fraction of sp³-hybridized carbons (Fsp3) is 0.955. The Kier molecular flexibility index (Phi) is 34.9. The van der Waals surface area contributed by atoms with E-state index in [4.69, 9.17) is 24.1 Å². The fourth-order valence-electron chi connectivity index (χ4n) is 7.44. The molecule has 0 bridgehead atoms. The number of ether oxygens (including phenoxy) is 4. The molecule has 0 aromatic carbocycles. The molecule has 0 saturated carbocycles. The number of hydrogen-bond acceptors (Lipinski definition) is 19. The first-order valence-electron chi connectivity index (χ1n) is 24.5. The number of hydrogen-bond donors (Lipinski definition) is 15. The Bertz CT molecular complexity index is 1180. The molecule has 0 spiro atoms. The predicted molar refractivity (Wildman–Crippen MR) is 246 cm³/mol. The molecule has 1 unspecified atom stereocenters. The van der Waals surface area contributed by atoms with Crippen LogP contribution in [0, 0.1) is 0 Å². The molecule has 2 saturated heterocycles. The topological polar surface area (TPSA) is 309 Å². The molecular formula is C44H90N8O13. The van der Waals surface area contributed by atoms with Gasteiger partial charge in [-0.1, -0.05) is 25.7 Å². The molecule has 15 N–H and O–H groups in total. The molecule has 2 aliphatic rings. The van der Waals surface area contributed by atoms with Gasteiger partial charge in [0.25, 0.3) is 0 Å². The first-order chi connectivity index (χ1) is 31.4. The van der Waals surface area contributed by atoms with E-state index >= 15 is 0 Å². The smallest absolute Gasteiger partial charge is 0.303 e. The van der Waals surface area contributed by atoms with Crippen LogP contribution in [-0.4, -0.2) is 220 Å². The third-order valence-corrected chi connectivity index (χ3v) is 11.6. The number of aliphatic hydroxyl groups excluding tert-OH is 6. The van der Waals surface area contributed by atoms with Crippen molar-refractivity contribution in [2.75, 3.05) is 105 Å². The van der Waals surface area contributed by atoms with Crippen molar-refractivity contribution < 1.29 is 64.3 Å². The van der Waals surface area contributed by atoms with Crippen molar-refractivity contribution >= 4 is 11.9 Å². The van der Waals surface area contributed by atoms with Crippen molar-refractivity contribution in [3.05, 3.63) is 0 Å². The highest BCUT2D eigenvalue weighted by molar-refractivity contribution is 5.81. The second-order valence-corrected chi connectivity index (χ2v) is 17.2. The molecule has 11 atom stereocenters. The Morgan fingerprint density at radius 3 is 1.34 bits per heavy atom. The standard InChI is InChI=1S/C44H90N8O13/c1-32-36(55)38(57)40(59)43(64-32)62-30-28-50-26-27-51-34(42(61)52-29-31-63-44-41(60)39(58)37(56)33(2)65-44)14-7-11-19-46-21-13-12-20-45-16-8-3-4-9-17-47-22-24-49-25-23-48-18-10-5-6-15-35(53)54/h32-34,36-41,43-51,55-60H,3-31H2,1-2H3,(H,52,61)(H,53,54)/t32-,33-,34?,36+,37+,38+,39+,40-,41-,43+,44+/m0/s1. The van der Waals surface area contributed by atoms with Gasteiger partial charge >= 0.3 is 5.97 Å². The summed E-state index contributed by atoms with van der Waals surface area (Å²) >= 11 is 0. The first-order valence-corrected chi connectivity index (χ1v) is 24.5. The zero-order valence-electron chi connectivity index (χ0n) is 39.4. The van der Waals surface area contributed by atoms with Crippen LogP contribution in [0.25, 0.3) is 0 Å². The highest BCUT2D eigenvalue weighted by atomic mass is 16.7. The van der Waals surface area contributed by atoms with E-state index < -0.39 is 73.4 Å². The minimum atomic E-state index is -1.42. The number of unbranched alkanes of at least 4 members (excludes halogenated alkanes) is 7. The van der Waals surface area contributed by atoms with Gasteiger partial charge in [-0.2, -0.15) is 0 Å². The Balaban J connectivity index is 1.48. The SMILES string of the molecule is C[C@@H]1O[C@@H](OCCNCCNC(CCCCNCCCCNCCCCCCNCCNCCNCCCCCC(=O)O)C(=O)NCCO[C@@H]2O[C@@H](C)[C@@H](O)[C@@H](O)[C@@H]2O)[C@@H](O)[C@H](O)[C@@H]1O. The van der Waals surface area contributed by atoms with Crippen LogP contribution in [0.2, 0.25) is 0 Å². The molecular weight excluding hydrogens is 849 g/mol. The van der Waals surface area contributed by atoms with E-state index in [1.165, 1.54) is 25.7 Å². The van der Waals surface area contributed by atoms with Crippen LogP contribution in [0.4, 0.5) is 0 Å². The number of nitrogens with one attached hydrogen (secondary N) is 8. The average molecular weight is 939 g/mol. The van der Waals surface area contributed by atoms with Gasteiger partial charge in [0, 0.05) is 58.8 Å².